The molecule has 3 nitrogen and oxygen atoms in total. The maximum atomic E-state index is 5.72. The van der Waals surface area contributed by atoms with Gasteiger partial charge >= 0.3 is 0 Å². The fraction of sp³-hybridized carbons (Fsp3) is 1.00. The Hall–Kier alpha value is 0.230. The molecule has 0 unspecified atom stereocenters. The molecule has 0 aromatic carbocycles. The van der Waals surface area contributed by atoms with Gasteiger partial charge in [0, 0.05) is 51.6 Å². The molecule has 1 saturated heterocycles. The summed E-state index contributed by atoms with van der Waals surface area (Å²) in [4.78, 5) is 5.12. The molecular weight excluding hydrogens is 256 g/mol. The Bertz CT molecular complexity index is 206. The van der Waals surface area contributed by atoms with Gasteiger partial charge < -0.3 is 4.74 Å². The van der Waals surface area contributed by atoms with Gasteiger partial charge in [0.05, 0.1) is 6.61 Å². The van der Waals surface area contributed by atoms with E-state index in [0.717, 1.165) is 25.7 Å². The Balaban J connectivity index is 1.92. The van der Waals surface area contributed by atoms with Crippen LogP contribution in [0.5, 0.6) is 0 Å². The minimum atomic E-state index is 0.804. The molecule has 0 bridgehead atoms. The number of piperazine rings is 1. The lowest BCUT2D eigenvalue weighted by atomic mass is 10.1. The summed E-state index contributed by atoms with van der Waals surface area (Å²) in [5.74, 6) is 2.07. The van der Waals surface area contributed by atoms with Crippen LogP contribution in [-0.2, 0) is 4.74 Å². The van der Waals surface area contributed by atoms with E-state index in [4.69, 9.17) is 4.74 Å². The second-order valence-electron chi connectivity index (χ2n) is 5.82. The van der Waals surface area contributed by atoms with E-state index in [2.05, 4.69) is 29.9 Å². The molecule has 114 valence electrons. The lowest BCUT2D eigenvalue weighted by Crippen LogP contribution is -2.47. The van der Waals surface area contributed by atoms with Gasteiger partial charge in [0.25, 0.3) is 0 Å². The van der Waals surface area contributed by atoms with E-state index in [1.54, 1.807) is 0 Å². The number of rotatable bonds is 10. The molecule has 0 radical (unpaired) electrons. The zero-order valence-electron chi connectivity index (χ0n) is 13.1. The van der Waals surface area contributed by atoms with Crippen molar-refractivity contribution in [3.05, 3.63) is 0 Å². The van der Waals surface area contributed by atoms with Gasteiger partial charge in [-0.2, -0.15) is 11.8 Å². The van der Waals surface area contributed by atoms with Crippen LogP contribution in [-0.4, -0.2) is 74.3 Å². The molecule has 0 aromatic heterocycles. The highest BCUT2D eigenvalue weighted by Crippen LogP contribution is 2.05. The molecule has 0 spiro atoms. The second kappa shape index (κ2) is 11.0. The molecule has 4 heteroatoms. The zero-order valence-corrected chi connectivity index (χ0v) is 13.9. The standard InChI is InChI=1S/C15H32N2OS/c1-15(2)5-4-12-18-13-10-16-6-8-17(9-7-16)11-14-19-3/h15H,4-14H2,1-3H3. The minimum absolute atomic E-state index is 0.804. The first-order valence-corrected chi connectivity index (χ1v) is 9.13. The van der Waals surface area contributed by atoms with Crippen molar-refractivity contribution in [1.82, 2.24) is 9.80 Å². The van der Waals surface area contributed by atoms with E-state index in [0.29, 0.717) is 0 Å². The highest BCUT2D eigenvalue weighted by molar-refractivity contribution is 7.98. The van der Waals surface area contributed by atoms with Crippen molar-refractivity contribution in [2.24, 2.45) is 5.92 Å². The van der Waals surface area contributed by atoms with Crippen LogP contribution in [0.1, 0.15) is 26.7 Å². The van der Waals surface area contributed by atoms with Crippen molar-refractivity contribution < 1.29 is 4.74 Å². The third-order valence-corrected chi connectivity index (χ3v) is 4.29. The summed E-state index contributed by atoms with van der Waals surface area (Å²) in [5, 5.41) is 0. The first-order valence-electron chi connectivity index (χ1n) is 7.73. The molecule has 1 aliphatic heterocycles. The van der Waals surface area contributed by atoms with E-state index in [1.165, 1.54) is 51.3 Å². The monoisotopic (exact) mass is 288 g/mol. The van der Waals surface area contributed by atoms with Crippen molar-refractivity contribution in [2.45, 2.75) is 26.7 Å². The van der Waals surface area contributed by atoms with Crippen LogP contribution in [0.4, 0.5) is 0 Å². The van der Waals surface area contributed by atoms with Crippen LogP contribution >= 0.6 is 11.8 Å². The SMILES string of the molecule is CSCCN1CCN(CCOCCCC(C)C)CC1. The summed E-state index contributed by atoms with van der Waals surface area (Å²) in [5.41, 5.74) is 0. The van der Waals surface area contributed by atoms with E-state index >= 15 is 0 Å². The van der Waals surface area contributed by atoms with Crippen molar-refractivity contribution >= 4 is 11.8 Å². The van der Waals surface area contributed by atoms with E-state index in [9.17, 15) is 0 Å². The molecule has 0 aliphatic carbocycles. The smallest absolute Gasteiger partial charge is 0.0593 e. The van der Waals surface area contributed by atoms with Gasteiger partial charge in [-0.25, -0.2) is 0 Å². The third kappa shape index (κ3) is 8.90. The van der Waals surface area contributed by atoms with Crippen LogP contribution in [0.15, 0.2) is 0 Å². The zero-order chi connectivity index (χ0) is 13.9. The van der Waals surface area contributed by atoms with Gasteiger partial charge in [0.1, 0.15) is 0 Å². The topological polar surface area (TPSA) is 15.7 Å². The predicted octanol–water partition coefficient (Wildman–Crippen LogP) is 2.42. The molecular formula is C15H32N2OS. The van der Waals surface area contributed by atoms with Crippen LogP contribution < -0.4 is 0 Å². The normalized spacial score (nSPS) is 18.3. The van der Waals surface area contributed by atoms with Crippen LogP contribution in [0, 0.1) is 5.92 Å². The molecule has 0 aromatic rings. The Labute approximate surface area is 124 Å². The molecule has 1 heterocycles. The van der Waals surface area contributed by atoms with Gasteiger partial charge in [-0.05, 0) is 25.0 Å². The average molecular weight is 289 g/mol. The maximum Gasteiger partial charge on any atom is 0.0593 e. The van der Waals surface area contributed by atoms with Crippen molar-refractivity contribution in [2.75, 3.05) is 64.5 Å². The largest absolute Gasteiger partial charge is 0.380 e. The Morgan fingerprint density at radius 2 is 1.63 bits per heavy atom. The number of hydrogen-bond donors (Lipinski definition) is 0. The fourth-order valence-electron chi connectivity index (χ4n) is 2.35. The summed E-state index contributed by atoms with van der Waals surface area (Å²) < 4.78 is 5.72. The van der Waals surface area contributed by atoms with Crippen LogP contribution in [0.3, 0.4) is 0 Å². The van der Waals surface area contributed by atoms with Gasteiger partial charge in [-0.1, -0.05) is 13.8 Å². The Kier molecular flexibility index (Phi) is 9.96. The minimum Gasteiger partial charge on any atom is -0.380 e. The fourth-order valence-corrected chi connectivity index (χ4v) is 2.79. The molecule has 19 heavy (non-hydrogen) atoms. The van der Waals surface area contributed by atoms with E-state index in [-0.39, 0.29) is 0 Å². The predicted molar refractivity (Wildman–Crippen MR) is 86.2 cm³/mol. The van der Waals surface area contributed by atoms with Crippen molar-refractivity contribution in [3.63, 3.8) is 0 Å². The first kappa shape index (κ1) is 17.3. The maximum absolute atomic E-state index is 5.72. The Morgan fingerprint density at radius 1 is 1.00 bits per heavy atom. The van der Waals surface area contributed by atoms with Gasteiger partial charge in [-0.3, -0.25) is 9.80 Å². The first-order chi connectivity index (χ1) is 9.22. The summed E-state index contributed by atoms with van der Waals surface area (Å²) in [7, 11) is 0. The van der Waals surface area contributed by atoms with Gasteiger partial charge in [0.15, 0.2) is 0 Å². The summed E-state index contributed by atoms with van der Waals surface area (Å²) >= 11 is 1.94. The number of ether oxygens (including phenoxy) is 1. The highest BCUT2D eigenvalue weighted by Gasteiger charge is 2.15. The van der Waals surface area contributed by atoms with Crippen LogP contribution in [0.2, 0.25) is 0 Å². The molecule has 1 rings (SSSR count). The molecule has 0 saturated carbocycles. The molecule has 1 aliphatic rings. The van der Waals surface area contributed by atoms with Crippen molar-refractivity contribution in [1.29, 1.82) is 0 Å². The quantitative estimate of drug-likeness (QED) is 0.573. The molecule has 1 fully saturated rings. The summed E-state index contributed by atoms with van der Waals surface area (Å²) in [6, 6.07) is 0. The molecule has 0 N–H and O–H groups in total. The highest BCUT2D eigenvalue weighted by atomic mass is 32.2. The average Bonchev–Trinajstić information content (AvgIpc) is 2.41. The lowest BCUT2D eigenvalue weighted by Gasteiger charge is -2.34. The van der Waals surface area contributed by atoms with E-state index < -0.39 is 0 Å². The van der Waals surface area contributed by atoms with Crippen LogP contribution in [0.25, 0.3) is 0 Å². The molecule has 0 amide bonds. The second-order valence-corrected chi connectivity index (χ2v) is 6.81. The summed E-state index contributed by atoms with van der Waals surface area (Å²) in [6.07, 6.45) is 4.68. The lowest BCUT2D eigenvalue weighted by molar-refractivity contribution is 0.0748. The van der Waals surface area contributed by atoms with Gasteiger partial charge in [-0.15, -0.1) is 0 Å². The number of nitrogens with zero attached hydrogens (tertiary/aromatic N) is 2. The molecule has 0 atom stereocenters. The number of hydrogen-bond acceptors (Lipinski definition) is 4. The third-order valence-electron chi connectivity index (χ3n) is 3.70. The number of thioether (sulfide) groups is 1. The van der Waals surface area contributed by atoms with Crippen molar-refractivity contribution in [3.8, 4) is 0 Å². The van der Waals surface area contributed by atoms with Gasteiger partial charge in [0.2, 0.25) is 0 Å². The van der Waals surface area contributed by atoms with E-state index in [1.807, 2.05) is 11.8 Å². The summed E-state index contributed by atoms with van der Waals surface area (Å²) in [6.45, 7) is 13.6. The Morgan fingerprint density at radius 3 is 2.21 bits per heavy atom.